The number of aliphatic hydroxyl groups excluding tert-OH is 1. The first-order valence-corrected chi connectivity index (χ1v) is 5.11. The molecule has 0 amide bonds. The molecule has 14 heavy (non-hydrogen) atoms. The Balaban J connectivity index is 2.43. The lowest BCUT2D eigenvalue weighted by Crippen LogP contribution is -2.04. The van der Waals surface area contributed by atoms with Gasteiger partial charge in [0.05, 0.1) is 11.1 Å². The van der Waals surface area contributed by atoms with Crippen molar-refractivity contribution in [2.75, 3.05) is 0 Å². The topological polar surface area (TPSA) is 20.2 Å². The molecule has 1 saturated carbocycles. The summed E-state index contributed by atoms with van der Waals surface area (Å²) in [5.41, 5.74) is 1.08. The number of benzene rings is 1. The summed E-state index contributed by atoms with van der Waals surface area (Å²) in [6, 6.07) is 2.99. The van der Waals surface area contributed by atoms with Gasteiger partial charge in [0.25, 0.3) is 0 Å². The lowest BCUT2D eigenvalue weighted by Gasteiger charge is -2.14. The zero-order valence-corrected chi connectivity index (χ0v) is 8.68. The Kier molecular flexibility index (Phi) is 2.50. The number of aliphatic hydroxyl groups is 1. The molecule has 1 atom stereocenters. The number of hydrogen-bond acceptors (Lipinski definition) is 1. The number of rotatable bonds is 2. The molecule has 1 aliphatic rings. The molecular formula is C11H12ClFO. The van der Waals surface area contributed by atoms with Crippen LogP contribution in [0.5, 0.6) is 0 Å². The van der Waals surface area contributed by atoms with Crippen LogP contribution in [0.25, 0.3) is 0 Å². The fourth-order valence-corrected chi connectivity index (χ4v) is 1.86. The third-order valence-corrected chi connectivity index (χ3v) is 3.19. The van der Waals surface area contributed by atoms with Crippen molar-refractivity contribution in [3.63, 3.8) is 0 Å². The first kappa shape index (κ1) is 9.94. The average molecular weight is 215 g/mol. The summed E-state index contributed by atoms with van der Waals surface area (Å²) >= 11 is 5.97. The van der Waals surface area contributed by atoms with Crippen molar-refractivity contribution in [3.8, 4) is 0 Å². The van der Waals surface area contributed by atoms with Gasteiger partial charge in [-0.1, -0.05) is 17.7 Å². The molecule has 1 aromatic rings. The lowest BCUT2D eigenvalue weighted by molar-refractivity contribution is 0.149. The number of hydrogen-bond donors (Lipinski definition) is 1. The largest absolute Gasteiger partial charge is 0.388 e. The standard InChI is InChI=1S/C11H12ClFO/c1-6-2-5-8(13)9(10(6)12)11(14)7-3-4-7/h2,5,7,11,14H,3-4H2,1H3. The van der Waals surface area contributed by atoms with Gasteiger partial charge in [0.15, 0.2) is 0 Å². The molecule has 1 unspecified atom stereocenters. The van der Waals surface area contributed by atoms with Crippen molar-refractivity contribution in [2.45, 2.75) is 25.9 Å². The minimum absolute atomic E-state index is 0.198. The van der Waals surface area contributed by atoms with E-state index in [1.165, 1.54) is 6.07 Å². The van der Waals surface area contributed by atoms with Crippen molar-refractivity contribution in [3.05, 3.63) is 34.1 Å². The van der Waals surface area contributed by atoms with Crippen LogP contribution in [0.2, 0.25) is 5.02 Å². The van der Waals surface area contributed by atoms with Gasteiger partial charge in [-0.05, 0) is 37.3 Å². The molecule has 1 nitrogen and oxygen atoms in total. The van der Waals surface area contributed by atoms with E-state index in [0.717, 1.165) is 18.4 Å². The molecule has 0 radical (unpaired) electrons. The summed E-state index contributed by atoms with van der Waals surface area (Å²) in [6.45, 7) is 1.81. The van der Waals surface area contributed by atoms with Gasteiger partial charge < -0.3 is 5.11 Å². The molecule has 0 aromatic heterocycles. The number of aryl methyl sites for hydroxylation is 1. The Bertz CT molecular complexity index is 361. The molecular weight excluding hydrogens is 203 g/mol. The average Bonchev–Trinajstić information content (AvgIpc) is 2.95. The van der Waals surface area contributed by atoms with Crippen molar-refractivity contribution in [2.24, 2.45) is 5.92 Å². The summed E-state index contributed by atoms with van der Waals surface area (Å²) in [5, 5.41) is 10.2. The van der Waals surface area contributed by atoms with Crippen LogP contribution in [-0.4, -0.2) is 5.11 Å². The van der Waals surface area contributed by atoms with Crippen molar-refractivity contribution in [1.29, 1.82) is 0 Å². The summed E-state index contributed by atoms with van der Waals surface area (Å²) in [5.74, 6) is -0.205. The van der Waals surface area contributed by atoms with Gasteiger partial charge in [-0.2, -0.15) is 0 Å². The lowest BCUT2D eigenvalue weighted by atomic mass is 10.0. The highest BCUT2D eigenvalue weighted by Gasteiger charge is 2.33. The van der Waals surface area contributed by atoms with Crippen molar-refractivity contribution in [1.82, 2.24) is 0 Å². The number of halogens is 2. The highest BCUT2D eigenvalue weighted by Crippen LogP contribution is 2.44. The van der Waals surface area contributed by atoms with Crippen LogP contribution in [0.3, 0.4) is 0 Å². The predicted octanol–water partition coefficient (Wildman–Crippen LogP) is 3.23. The zero-order valence-electron chi connectivity index (χ0n) is 7.93. The first-order chi connectivity index (χ1) is 6.61. The summed E-state index contributed by atoms with van der Waals surface area (Å²) in [4.78, 5) is 0. The van der Waals surface area contributed by atoms with E-state index in [9.17, 15) is 9.50 Å². The van der Waals surface area contributed by atoms with Gasteiger partial charge in [0.1, 0.15) is 5.82 Å². The Morgan fingerprint density at radius 1 is 1.50 bits per heavy atom. The van der Waals surface area contributed by atoms with Crippen molar-refractivity contribution < 1.29 is 9.50 Å². The molecule has 0 heterocycles. The van der Waals surface area contributed by atoms with E-state index in [0.29, 0.717) is 5.02 Å². The Morgan fingerprint density at radius 3 is 2.71 bits per heavy atom. The Labute approximate surface area is 87.5 Å². The van der Waals surface area contributed by atoms with Crippen LogP contribution < -0.4 is 0 Å². The summed E-state index contributed by atoms with van der Waals surface area (Å²) in [7, 11) is 0. The van der Waals surface area contributed by atoms with Crippen LogP contribution in [0.15, 0.2) is 12.1 Å². The van der Waals surface area contributed by atoms with Gasteiger partial charge in [0, 0.05) is 5.56 Å². The summed E-state index contributed by atoms with van der Waals surface area (Å²) < 4.78 is 13.4. The maximum absolute atomic E-state index is 13.4. The molecule has 0 bridgehead atoms. The second kappa shape index (κ2) is 3.52. The predicted molar refractivity (Wildman–Crippen MR) is 53.8 cm³/mol. The van der Waals surface area contributed by atoms with Gasteiger partial charge in [-0.15, -0.1) is 0 Å². The van der Waals surface area contributed by atoms with E-state index in [-0.39, 0.29) is 11.5 Å². The molecule has 3 heteroatoms. The van der Waals surface area contributed by atoms with E-state index in [1.807, 2.05) is 6.92 Å². The zero-order chi connectivity index (χ0) is 10.3. The summed E-state index contributed by atoms with van der Waals surface area (Å²) in [6.07, 6.45) is 1.19. The minimum atomic E-state index is -0.734. The van der Waals surface area contributed by atoms with Crippen LogP contribution in [0.1, 0.15) is 30.1 Å². The fraction of sp³-hybridized carbons (Fsp3) is 0.455. The van der Waals surface area contributed by atoms with Gasteiger partial charge >= 0.3 is 0 Å². The smallest absolute Gasteiger partial charge is 0.130 e. The van der Waals surface area contributed by atoms with Crippen LogP contribution in [0, 0.1) is 18.7 Å². The maximum atomic E-state index is 13.4. The third-order valence-electron chi connectivity index (χ3n) is 2.68. The molecule has 1 aliphatic carbocycles. The molecule has 1 N–H and O–H groups in total. The maximum Gasteiger partial charge on any atom is 0.130 e. The van der Waals surface area contributed by atoms with Crippen LogP contribution >= 0.6 is 11.6 Å². The van der Waals surface area contributed by atoms with E-state index >= 15 is 0 Å². The van der Waals surface area contributed by atoms with E-state index in [2.05, 4.69) is 0 Å². The normalized spacial score (nSPS) is 18.3. The molecule has 0 spiro atoms. The van der Waals surface area contributed by atoms with Gasteiger partial charge in [-0.3, -0.25) is 0 Å². The van der Waals surface area contributed by atoms with Crippen molar-refractivity contribution >= 4 is 11.6 Å². The quantitative estimate of drug-likeness (QED) is 0.802. The third kappa shape index (κ3) is 1.64. The molecule has 0 aliphatic heterocycles. The highest BCUT2D eigenvalue weighted by atomic mass is 35.5. The van der Waals surface area contributed by atoms with Crippen LogP contribution in [0.4, 0.5) is 4.39 Å². The highest BCUT2D eigenvalue weighted by molar-refractivity contribution is 6.32. The molecule has 0 saturated heterocycles. The Hall–Kier alpha value is -0.600. The fourth-order valence-electron chi connectivity index (χ4n) is 1.60. The Morgan fingerprint density at radius 2 is 2.14 bits per heavy atom. The molecule has 1 fully saturated rings. The SMILES string of the molecule is Cc1ccc(F)c(C(O)C2CC2)c1Cl. The molecule has 2 rings (SSSR count). The second-order valence-corrected chi connectivity index (χ2v) is 4.25. The monoisotopic (exact) mass is 214 g/mol. The first-order valence-electron chi connectivity index (χ1n) is 4.74. The molecule has 76 valence electrons. The van der Waals surface area contributed by atoms with E-state index in [1.54, 1.807) is 6.07 Å². The second-order valence-electron chi connectivity index (χ2n) is 3.87. The van der Waals surface area contributed by atoms with E-state index < -0.39 is 11.9 Å². The molecule has 1 aromatic carbocycles. The van der Waals surface area contributed by atoms with Gasteiger partial charge in [-0.25, -0.2) is 4.39 Å². The van der Waals surface area contributed by atoms with Gasteiger partial charge in [0.2, 0.25) is 0 Å². The van der Waals surface area contributed by atoms with Crippen LogP contribution in [-0.2, 0) is 0 Å². The minimum Gasteiger partial charge on any atom is -0.388 e. The van der Waals surface area contributed by atoms with E-state index in [4.69, 9.17) is 11.6 Å².